The quantitative estimate of drug-likeness (QED) is 0.281. The van der Waals surface area contributed by atoms with Gasteiger partial charge in [-0.25, -0.2) is 14.2 Å². The largest absolute Gasteiger partial charge is 0.462 e. The van der Waals surface area contributed by atoms with E-state index >= 15 is 4.39 Å². The lowest BCUT2D eigenvalue weighted by atomic mass is 9.93. The van der Waals surface area contributed by atoms with E-state index < -0.39 is 11.8 Å². The van der Waals surface area contributed by atoms with Crippen LogP contribution in [-0.4, -0.2) is 17.6 Å². The molecule has 0 saturated heterocycles. The molecule has 0 amide bonds. The molecule has 0 spiro atoms. The highest BCUT2D eigenvalue weighted by molar-refractivity contribution is 6.44. The Kier molecular flexibility index (Phi) is 7.05. The second-order valence-corrected chi connectivity index (χ2v) is 7.71. The summed E-state index contributed by atoms with van der Waals surface area (Å²) in [6.07, 6.45) is 0.342. The fraction of sp³-hybridized carbons (Fsp3) is 0.190. The maximum absolute atomic E-state index is 15.7. The van der Waals surface area contributed by atoms with Gasteiger partial charge in [-0.15, -0.1) is 0 Å². The van der Waals surface area contributed by atoms with Crippen molar-refractivity contribution in [1.29, 1.82) is 5.26 Å². The van der Waals surface area contributed by atoms with E-state index in [4.69, 9.17) is 56.4 Å². The minimum absolute atomic E-state index is 0.0794. The van der Waals surface area contributed by atoms with Crippen LogP contribution in [0.15, 0.2) is 24.3 Å². The normalized spacial score (nSPS) is 10.8. The lowest BCUT2D eigenvalue weighted by Gasteiger charge is -2.16. The van der Waals surface area contributed by atoms with Crippen LogP contribution in [0.2, 0.25) is 20.2 Å². The van der Waals surface area contributed by atoms with E-state index in [0.29, 0.717) is 11.1 Å². The summed E-state index contributed by atoms with van der Waals surface area (Å²) in [5, 5.41) is 9.26. The number of carbonyl (C=O) groups excluding carboxylic acids is 1. The van der Waals surface area contributed by atoms with E-state index in [-0.39, 0.29) is 61.7 Å². The Balaban J connectivity index is 2.39. The molecule has 1 heterocycles. The highest BCUT2D eigenvalue weighted by Crippen LogP contribution is 2.42. The van der Waals surface area contributed by atoms with Crippen molar-refractivity contribution < 1.29 is 13.9 Å². The highest BCUT2D eigenvalue weighted by atomic mass is 35.5. The first-order valence-electron chi connectivity index (χ1n) is 8.80. The van der Waals surface area contributed by atoms with Gasteiger partial charge in [0.1, 0.15) is 16.2 Å². The van der Waals surface area contributed by atoms with Crippen LogP contribution >= 0.6 is 46.4 Å². The highest BCUT2D eigenvalue weighted by Gasteiger charge is 2.25. The van der Waals surface area contributed by atoms with Crippen molar-refractivity contribution in [2.24, 2.45) is 0 Å². The molecule has 3 rings (SSSR count). The Morgan fingerprint density at radius 1 is 1.23 bits per heavy atom. The zero-order valence-electron chi connectivity index (χ0n) is 15.5. The molecule has 0 saturated carbocycles. The molecule has 0 aliphatic heterocycles. The minimum Gasteiger partial charge on any atom is -0.462 e. The van der Waals surface area contributed by atoms with Crippen LogP contribution < -0.4 is 0 Å². The van der Waals surface area contributed by atoms with Crippen molar-refractivity contribution in [3.05, 3.63) is 61.4 Å². The van der Waals surface area contributed by atoms with E-state index in [9.17, 15) is 4.79 Å². The fourth-order valence-electron chi connectivity index (χ4n) is 3.10. The topological polar surface area (TPSA) is 63.0 Å². The second-order valence-electron chi connectivity index (χ2n) is 6.19. The standard InChI is InChI=1S/C21H13Cl4FN2O2/c1-2-30-21(29)15-17(24)12-9-10(5-4-8-27)14(18(26)19(12)28-20(15)25)11-6-3-7-13(22)16(11)23/h3,6-7,9H,2,4-5H2,1H3. The Labute approximate surface area is 192 Å². The van der Waals surface area contributed by atoms with Crippen LogP contribution in [0.5, 0.6) is 0 Å². The van der Waals surface area contributed by atoms with Crippen LogP contribution in [0.3, 0.4) is 0 Å². The summed E-state index contributed by atoms with van der Waals surface area (Å²) in [6.45, 7) is 1.74. The summed E-state index contributed by atoms with van der Waals surface area (Å²) in [7, 11) is 0. The number of carbonyl (C=O) groups is 1. The van der Waals surface area contributed by atoms with E-state index in [1.54, 1.807) is 31.2 Å². The molecule has 4 nitrogen and oxygen atoms in total. The molecule has 0 fully saturated rings. The number of rotatable bonds is 5. The van der Waals surface area contributed by atoms with Gasteiger partial charge in [-0.3, -0.25) is 0 Å². The average Bonchev–Trinajstić information content (AvgIpc) is 2.70. The fourth-order valence-corrected chi connectivity index (χ4v) is 4.11. The number of benzene rings is 2. The number of esters is 1. The Morgan fingerprint density at radius 2 is 1.97 bits per heavy atom. The first-order chi connectivity index (χ1) is 14.3. The third-order valence-corrected chi connectivity index (χ3v) is 5.89. The Bertz CT molecular complexity index is 1210. The van der Waals surface area contributed by atoms with E-state index in [1.165, 1.54) is 0 Å². The number of ether oxygens (including phenoxy) is 1. The SMILES string of the molecule is CCOC(=O)c1c(Cl)nc2c(F)c(-c3cccc(Cl)c3Cl)c(CCC#N)cc2c1Cl. The number of halogens is 5. The lowest BCUT2D eigenvalue weighted by Crippen LogP contribution is -2.09. The number of fused-ring (bicyclic) bond motifs is 1. The number of nitriles is 1. The smallest absolute Gasteiger partial charge is 0.342 e. The van der Waals surface area contributed by atoms with Gasteiger partial charge in [0.15, 0.2) is 5.82 Å². The summed E-state index contributed by atoms with van der Waals surface area (Å²) < 4.78 is 20.7. The molecule has 0 N–H and O–H groups in total. The predicted octanol–water partition coefficient (Wildman–Crippen LogP) is 7.29. The monoisotopic (exact) mass is 484 g/mol. The van der Waals surface area contributed by atoms with E-state index in [0.717, 1.165) is 0 Å². The number of hydrogen-bond acceptors (Lipinski definition) is 4. The third kappa shape index (κ3) is 4.06. The van der Waals surface area contributed by atoms with Crippen LogP contribution in [0.25, 0.3) is 22.0 Å². The van der Waals surface area contributed by atoms with Gasteiger partial charge in [0, 0.05) is 22.9 Å². The second kappa shape index (κ2) is 9.36. The first kappa shape index (κ1) is 22.6. The molecule has 0 bridgehead atoms. The molecule has 154 valence electrons. The molecule has 0 atom stereocenters. The van der Waals surface area contributed by atoms with Crippen LogP contribution in [-0.2, 0) is 11.2 Å². The molecule has 30 heavy (non-hydrogen) atoms. The number of nitrogens with zero attached hydrogens (tertiary/aromatic N) is 2. The summed E-state index contributed by atoms with van der Waals surface area (Å²) in [5.74, 6) is -1.49. The third-order valence-electron chi connectivity index (χ3n) is 4.40. The Hall–Kier alpha value is -2.10. The molecular formula is C21H13Cl4FN2O2. The van der Waals surface area contributed by atoms with Crippen molar-refractivity contribution >= 4 is 63.3 Å². The molecule has 1 aromatic heterocycles. The van der Waals surface area contributed by atoms with Crippen LogP contribution in [0.4, 0.5) is 4.39 Å². The molecule has 9 heteroatoms. The number of aromatic nitrogens is 1. The zero-order valence-corrected chi connectivity index (χ0v) is 18.6. The zero-order chi connectivity index (χ0) is 22.0. The molecular weight excluding hydrogens is 473 g/mol. The summed E-state index contributed by atoms with van der Waals surface area (Å²) in [4.78, 5) is 16.3. The molecule has 0 aliphatic rings. The van der Waals surface area contributed by atoms with Crippen molar-refractivity contribution in [1.82, 2.24) is 4.98 Å². The van der Waals surface area contributed by atoms with Crippen molar-refractivity contribution in [3.8, 4) is 17.2 Å². The molecule has 0 unspecified atom stereocenters. The van der Waals surface area contributed by atoms with Crippen LogP contribution in [0, 0.1) is 17.1 Å². The molecule has 2 aromatic carbocycles. The summed E-state index contributed by atoms with van der Waals surface area (Å²) in [5.41, 5.74) is 0.678. The Morgan fingerprint density at radius 3 is 2.63 bits per heavy atom. The average molecular weight is 486 g/mol. The van der Waals surface area contributed by atoms with Gasteiger partial charge in [-0.1, -0.05) is 58.5 Å². The van der Waals surface area contributed by atoms with Gasteiger partial charge in [0.25, 0.3) is 0 Å². The number of aryl methyl sites for hydroxylation is 1. The molecule has 3 aromatic rings. The van der Waals surface area contributed by atoms with Gasteiger partial charge < -0.3 is 4.74 Å². The summed E-state index contributed by atoms with van der Waals surface area (Å²) in [6, 6.07) is 8.45. The molecule has 0 radical (unpaired) electrons. The van der Waals surface area contributed by atoms with Crippen molar-refractivity contribution in [3.63, 3.8) is 0 Å². The van der Waals surface area contributed by atoms with E-state index in [2.05, 4.69) is 4.98 Å². The van der Waals surface area contributed by atoms with E-state index in [1.807, 2.05) is 6.07 Å². The van der Waals surface area contributed by atoms with Gasteiger partial charge in [-0.05, 0) is 31.0 Å². The first-order valence-corrected chi connectivity index (χ1v) is 10.3. The van der Waals surface area contributed by atoms with Crippen molar-refractivity contribution in [2.75, 3.05) is 6.61 Å². The lowest BCUT2D eigenvalue weighted by molar-refractivity contribution is 0.0526. The van der Waals surface area contributed by atoms with Gasteiger partial charge in [0.05, 0.1) is 27.7 Å². The number of pyridine rings is 1. The minimum atomic E-state index is -0.761. The molecule has 0 aliphatic carbocycles. The van der Waals surface area contributed by atoms with Crippen molar-refractivity contribution in [2.45, 2.75) is 19.8 Å². The predicted molar refractivity (Wildman–Crippen MR) is 117 cm³/mol. The maximum Gasteiger partial charge on any atom is 0.342 e. The van der Waals surface area contributed by atoms with Gasteiger partial charge >= 0.3 is 5.97 Å². The number of hydrogen-bond donors (Lipinski definition) is 0. The maximum atomic E-state index is 15.7. The summed E-state index contributed by atoms with van der Waals surface area (Å²) >= 11 is 25.0. The van der Waals surface area contributed by atoms with Crippen LogP contribution in [0.1, 0.15) is 29.3 Å². The van der Waals surface area contributed by atoms with Gasteiger partial charge in [-0.2, -0.15) is 5.26 Å². The van der Waals surface area contributed by atoms with Gasteiger partial charge in [0.2, 0.25) is 0 Å².